The Balaban J connectivity index is 2.20. The predicted octanol–water partition coefficient (Wildman–Crippen LogP) is 3.77. The first-order valence-electron chi connectivity index (χ1n) is 4.85. The van der Waals surface area contributed by atoms with Gasteiger partial charge in [0.15, 0.2) is 0 Å². The number of carbonyl (C=O) groups is 1. The van der Waals surface area contributed by atoms with Crippen molar-refractivity contribution in [2.45, 2.75) is 0 Å². The molecule has 1 amide bonds. The molecule has 3 nitrogen and oxygen atoms in total. The topological polar surface area (TPSA) is 52.9 Å². The van der Waals surface area contributed by atoms with Crippen molar-refractivity contribution in [2.75, 3.05) is 5.32 Å². The number of nitrogens with zero attached hydrogens (tertiary/aromatic N) is 1. The minimum atomic E-state index is -0.603. The van der Waals surface area contributed by atoms with E-state index in [4.69, 9.17) is 5.26 Å². The van der Waals surface area contributed by atoms with E-state index >= 15 is 0 Å². The third-order valence-electron chi connectivity index (χ3n) is 2.17. The summed E-state index contributed by atoms with van der Waals surface area (Å²) in [5.41, 5.74) is 0.800. The number of nitrogens with one attached hydrogen (secondary N) is 1. The number of benzene rings is 1. The van der Waals surface area contributed by atoms with Crippen LogP contribution in [0.15, 0.2) is 33.4 Å². The minimum absolute atomic E-state index is 0.0979. The predicted molar refractivity (Wildman–Crippen MR) is 71.1 cm³/mol. The molecule has 2 rings (SSSR count). The molecule has 0 aliphatic carbocycles. The summed E-state index contributed by atoms with van der Waals surface area (Å²) in [6.07, 6.45) is 0. The lowest BCUT2D eigenvalue weighted by atomic mass is 10.2. The van der Waals surface area contributed by atoms with Crippen molar-refractivity contribution in [1.29, 1.82) is 5.26 Å². The van der Waals surface area contributed by atoms with Crippen molar-refractivity contribution in [3.63, 3.8) is 0 Å². The molecule has 0 saturated carbocycles. The Morgan fingerprint density at radius 2 is 2.22 bits per heavy atom. The number of anilines is 1. The smallest absolute Gasteiger partial charge is 0.256 e. The van der Waals surface area contributed by atoms with Gasteiger partial charge in [0.2, 0.25) is 0 Å². The van der Waals surface area contributed by atoms with E-state index in [1.165, 1.54) is 23.5 Å². The lowest BCUT2D eigenvalue weighted by molar-refractivity contribution is 0.102. The fourth-order valence-corrected chi connectivity index (χ4v) is 2.46. The molecular formula is C12H6BrFN2OS. The van der Waals surface area contributed by atoms with Gasteiger partial charge in [-0.25, -0.2) is 4.39 Å². The molecule has 1 N–H and O–H groups in total. The van der Waals surface area contributed by atoms with E-state index in [-0.39, 0.29) is 11.5 Å². The molecule has 1 aromatic heterocycles. The largest absolute Gasteiger partial charge is 0.322 e. The monoisotopic (exact) mass is 324 g/mol. The van der Waals surface area contributed by atoms with Crippen LogP contribution in [0.1, 0.15) is 15.9 Å². The molecule has 18 heavy (non-hydrogen) atoms. The second-order valence-electron chi connectivity index (χ2n) is 3.40. The maximum Gasteiger partial charge on any atom is 0.256 e. The van der Waals surface area contributed by atoms with Crippen LogP contribution in [0, 0.1) is 17.1 Å². The molecule has 0 fully saturated rings. The van der Waals surface area contributed by atoms with Gasteiger partial charge in [0.1, 0.15) is 11.9 Å². The summed E-state index contributed by atoms with van der Waals surface area (Å²) in [5, 5.41) is 13.0. The molecule has 0 bridgehead atoms. The van der Waals surface area contributed by atoms with Crippen molar-refractivity contribution in [3.8, 4) is 6.07 Å². The van der Waals surface area contributed by atoms with Gasteiger partial charge < -0.3 is 5.32 Å². The van der Waals surface area contributed by atoms with Gasteiger partial charge in [-0.3, -0.25) is 4.79 Å². The SMILES string of the molecule is N#Cc1cc(NC(=O)c2csc(Br)c2)ccc1F. The van der Waals surface area contributed by atoms with Gasteiger partial charge in [-0.15, -0.1) is 11.3 Å². The van der Waals surface area contributed by atoms with Gasteiger partial charge in [-0.05, 0) is 40.2 Å². The van der Waals surface area contributed by atoms with Crippen LogP contribution < -0.4 is 5.32 Å². The number of halogens is 2. The van der Waals surface area contributed by atoms with Crippen LogP contribution in [0.2, 0.25) is 0 Å². The van der Waals surface area contributed by atoms with Gasteiger partial charge in [0.25, 0.3) is 5.91 Å². The Kier molecular flexibility index (Phi) is 3.75. The number of amides is 1. The molecular weight excluding hydrogens is 319 g/mol. The number of thiophene rings is 1. The maximum atomic E-state index is 13.1. The normalized spacial score (nSPS) is 9.83. The summed E-state index contributed by atoms with van der Waals surface area (Å²) in [5.74, 6) is -0.902. The molecule has 0 radical (unpaired) electrons. The van der Waals surface area contributed by atoms with Crippen LogP contribution in [-0.2, 0) is 0 Å². The molecule has 1 heterocycles. The van der Waals surface area contributed by atoms with E-state index in [1.807, 2.05) is 0 Å². The van der Waals surface area contributed by atoms with Crippen LogP contribution >= 0.6 is 27.3 Å². The van der Waals surface area contributed by atoms with Crippen LogP contribution in [0.3, 0.4) is 0 Å². The third-order valence-corrected chi connectivity index (χ3v) is 3.68. The maximum absolute atomic E-state index is 13.1. The zero-order chi connectivity index (χ0) is 13.1. The Labute approximate surface area is 115 Å². The Morgan fingerprint density at radius 1 is 1.44 bits per heavy atom. The standard InChI is InChI=1S/C12H6BrFN2OS/c13-11-4-8(6-18-11)12(17)16-9-1-2-10(14)7(3-9)5-15/h1-4,6H,(H,16,17). The lowest BCUT2D eigenvalue weighted by Gasteiger charge is -2.04. The molecule has 0 saturated heterocycles. The second-order valence-corrected chi connectivity index (χ2v) is 5.69. The van der Waals surface area contributed by atoms with Gasteiger partial charge in [0, 0.05) is 11.1 Å². The quantitative estimate of drug-likeness (QED) is 0.914. The van der Waals surface area contributed by atoms with Crippen molar-refractivity contribution in [1.82, 2.24) is 0 Å². The molecule has 1 aromatic carbocycles. The number of rotatable bonds is 2. The van der Waals surface area contributed by atoms with Gasteiger partial charge >= 0.3 is 0 Å². The molecule has 0 aliphatic rings. The van der Waals surface area contributed by atoms with Crippen LogP contribution in [-0.4, -0.2) is 5.91 Å². The zero-order valence-electron chi connectivity index (χ0n) is 8.91. The Hall–Kier alpha value is -1.71. The third kappa shape index (κ3) is 2.75. The lowest BCUT2D eigenvalue weighted by Crippen LogP contribution is -2.11. The first kappa shape index (κ1) is 12.7. The van der Waals surface area contributed by atoms with Crippen molar-refractivity contribution in [2.24, 2.45) is 0 Å². The summed E-state index contributed by atoms with van der Waals surface area (Å²) in [6, 6.07) is 7.27. The average molecular weight is 325 g/mol. The molecule has 6 heteroatoms. The van der Waals surface area contributed by atoms with Crippen LogP contribution in [0.25, 0.3) is 0 Å². The van der Waals surface area contributed by atoms with E-state index in [2.05, 4.69) is 21.2 Å². The minimum Gasteiger partial charge on any atom is -0.322 e. The number of hydrogen-bond acceptors (Lipinski definition) is 3. The second kappa shape index (κ2) is 5.29. The van der Waals surface area contributed by atoms with Gasteiger partial charge in [-0.2, -0.15) is 5.26 Å². The zero-order valence-corrected chi connectivity index (χ0v) is 11.3. The number of carbonyl (C=O) groups excluding carboxylic acids is 1. The van der Waals surface area contributed by atoms with E-state index in [0.29, 0.717) is 11.3 Å². The van der Waals surface area contributed by atoms with Gasteiger partial charge in [0.05, 0.1) is 14.9 Å². The van der Waals surface area contributed by atoms with Crippen LogP contribution in [0.5, 0.6) is 0 Å². The van der Waals surface area contributed by atoms with E-state index < -0.39 is 5.82 Å². The van der Waals surface area contributed by atoms with E-state index in [9.17, 15) is 9.18 Å². The molecule has 90 valence electrons. The summed E-state index contributed by atoms with van der Waals surface area (Å²) >= 11 is 4.66. The highest BCUT2D eigenvalue weighted by atomic mass is 79.9. The molecule has 0 aliphatic heterocycles. The number of nitriles is 1. The van der Waals surface area contributed by atoms with Crippen molar-refractivity contribution >= 4 is 38.9 Å². The molecule has 2 aromatic rings. The summed E-state index contributed by atoms with van der Waals surface area (Å²) in [6.45, 7) is 0. The Bertz CT molecular complexity index is 648. The summed E-state index contributed by atoms with van der Waals surface area (Å²) < 4.78 is 13.9. The highest BCUT2D eigenvalue weighted by Crippen LogP contribution is 2.22. The fraction of sp³-hybridized carbons (Fsp3) is 0. The fourth-order valence-electron chi connectivity index (χ4n) is 1.32. The van der Waals surface area contributed by atoms with Crippen molar-refractivity contribution in [3.05, 3.63) is 50.4 Å². The van der Waals surface area contributed by atoms with Crippen molar-refractivity contribution < 1.29 is 9.18 Å². The summed E-state index contributed by atoms with van der Waals surface area (Å²) in [7, 11) is 0. The first-order chi connectivity index (χ1) is 8.60. The average Bonchev–Trinajstić information content (AvgIpc) is 2.78. The van der Waals surface area contributed by atoms with E-state index in [1.54, 1.807) is 17.5 Å². The highest BCUT2D eigenvalue weighted by molar-refractivity contribution is 9.11. The molecule has 0 spiro atoms. The van der Waals surface area contributed by atoms with Gasteiger partial charge in [-0.1, -0.05) is 0 Å². The van der Waals surface area contributed by atoms with Crippen LogP contribution in [0.4, 0.5) is 10.1 Å². The summed E-state index contributed by atoms with van der Waals surface area (Å²) in [4.78, 5) is 11.8. The van der Waals surface area contributed by atoms with E-state index in [0.717, 1.165) is 9.85 Å². The highest BCUT2D eigenvalue weighted by Gasteiger charge is 2.09. The molecule has 0 unspecified atom stereocenters. The molecule has 0 atom stereocenters. The number of hydrogen-bond donors (Lipinski definition) is 1. The Morgan fingerprint density at radius 3 is 2.83 bits per heavy atom. The first-order valence-corrected chi connectivity index (χ1v) is 6.52.